The van der Waals surface area contributed by atoms with Gasteiger partial charge in [0.05, 0.1) is 6.42 Å². The second-order valence-electron chi connectivity index (χ2n) is 6.38. The second kappa shape index (κ2) is 6.41. The second-order valence-corrected chi connectivity index (χ2v) is 8.48. The van der Waals surface area contributed by atoms with Crippen LogP contribution < -0.4 is 0 Å². The summed E-state index contributed by atoms with van der Waals surface area (Å²) in [6.07, 6.45) is 3.55. The third-order valence-electron chi connectivity index (χ3n) is 4.22. The van der Waals surface area contributed by atoms with Crippen molar-refractivity contribution in [1.29, 1.82) is 0 Å². The fourth-order valence-corrected chi connectivity index (χ4v) is 3.87. The first-order valence-electron chi connectivity index (χ1n) is 6.97. The Labute approximate surface area is 121 Å². The van der Waals surface area contributed by atoms with E-state index in [1.165, 1.54) is 11.4 Å². The molecule has 0 unspecified atom stereocenters. The molecule has 0 bridgehead atoms. The number of carbonyl (C=O) groups is 1. The van der Waals surface area contributed by atoms with Gasteiger partial charge in [0, 0.05) is 26.7 Å². The summed E-state index contributed by atoms with van der Waals surface area (Å²) in [4.78, 5) is 10.5. The van der Waals surface area contributed by atoms with Gasteiger partial charge in [-0.1, -0.05) is 13.8 Å². The first-order chi connectivity index (χ1) is 9.06. The van der Waals surface area contributed by atoms with Gasteiger partial charge < -0.3 is 5.11 Å². The van der Waals surface area contributed by atoms with Gasteiger partial charge in [-0.15, -0.1) is 0 Å². The molecule has 20 heavy (non-hydrogen) atoms. The van der Waals surface area contributed by atoms with Crippen LogP contribution in [0, 0.1) is 5.41 Å². The molecule has 1 rings (SSSR count). The highest BCUT2D eigenvalue weighted by Crippen LogP contribution is 2.37. The molecule has 0 atom stereocenters. The van der Waals surface area contributed by atoms with E-state index < -0.39 is 16.2 Å². The number of nitrogens with zero attached hydrogens (tertiary/aromatic N) is 2. The number of carboxylic acid groups (broad SMARTS) is 1. The van der Waals surface area contributed by atoms with Crippen LogP contribution in [-0.2, 0) is 15.0 Å². The molecule has 7 heteroatoms. The lowest BCUT2D eigenvalue weighted by molar-refractivity contribution is -0.137. The maximum Gasteiger partial charge on any atom is 0.304 e. The lowest BCUT2D eigenvalue weighted by atomic mass is 9.76. The van der Waals surface area contributed by atoms with Crippen LogP contribution in [0.1, 0.15) is 46.0 Å². The first-order valence-corrected chi connectivity index (χ1v) is 8.37. The molecule has 0 aromatic heterocycles. The van der Waals surface area contributed by atoms with E-state index in [2.05, 4.69) is 13.8 Å². The highest BCUT2D eigenvalue weighted by molar-refractivity contribution is 7.86. The summed E-state index contributed by atoms with van der Waals surface area (Å²) in [6, 6.07) is 0.0142. The number of rotatable bonds is 6. The van der Waals surface area contributed by atoms with Crippen molar-refractivity contribution in [3.8, 4) is 0 Å². The van der Waals surface area contributed by atoms with Gasteiger partial charge in [0.25, 0.3) is 10.2 Å². The van der Waals surface area contributed by atoms with Crippen molar-refractivity contribution >= 4 is 16.2 Å². The summed E-state index contributed by atoms with van der Waals surface area (Å²) in [7, 11) is -0.543. The van der Waals surface area contributed by atoms with Gasteiger partial charge in [-0.05, 0) is 31.1 Å². The van der Waals surface area contributed by atoms with E-state index in [0.29, 0.717) is 0 Å². The molecule has 0 aromatic carbocycles. The maximum absolute atomic E-state index is 12.4. The zero-order chi connectivity index (χ0) is 15.6. The van der Waals surface area contributed by atoms with Crippen LogP contribution in [0.3, 0.4) is 0 Å². The highest BCUT2D eigenvalue weighted by atomic mass is 32.2. The van der Waals surface area contributed by atoms with Gasteiger partial charge >= 0.3 is 5.97 Å². The summed E-state index contributed by atoms with van der Waals surface area (Å²) in [5.41, 5.74) is 0.288. The molecule has 1 fully saturated rings. The minimum absolute atomic E-state index is 0.000218. The molecule has 0 heterocycles. The van der Waals surface area contributed by atoms with Crippen LogP contribution in [-0.4, -0.2) is 54.8 Å². The molecule has 118 valence electrons. The van der Waals surface area contributed by atoms with Gasteiger partial charge in [0.2, 0.25) is 0 Å². The Kier molecular flexibility index (Phi) is 5.57. The van der Waals surface area contributed by atoms with E-state index >= 15 is 0 Å². The van der Waals surface area contributed by atoms with E-state index in [4.69, 9.17) is 5.11 Å². The monoisotopic (exact) mass is 306 g/mol. The number of hydrogen-bond acceptors (Lipinski definition) is 3. The highest BCUT2D eigenvalue weighted by Gasteiger charge is 2.35. The van der Waals surface area contributed by atoms with Crippen molar-refractivity contribution in [2.24, 2.45) is 5.41 Å². The van der Waals surface area contributed by atoms with E-state index in [0.717, 1.165) is 30.0 Å². The molecule has 1 aliphatic carbocycles. The van der Waals surface area contributed by atoms with E-state index in [-0.39, 0.29) is 24.4 Å². The molecular formula is C13H26N2O4S. The quantitative estimate of drug-likeness (QED) is 0.807. The van der Waals surface area contributed by atoms with Gasteiger partial charge in [-0.3, -0.25) is 4.79 Å². The molecule has 0 aromatic rings. The van der Waals surface area contributed by atoms with E-state index in [1.54, 1.807) is 7.05 Å². The summed E-state index contributed by atoms with van der Waals surface area (Å²) in [5.74, 6) is -0.992. The third kappa shape index (κ3) is 4.43. The molecule has 1 aliphatic rings. The smallest absolute Gasteiger partial charge is 0.304 e. The predicted molar refractivity (Wildman–Crippen MR) is 77.6 cm³/mol. The largest absolute Gasteiger partial charge is 0.481 e. The average Bonchev–Trinajstić information content (AvgIpc) is 2.34. The summed E-state index contributed by atoms with van der Waals surface area (Å²) in [5, 5.41) is 8.64. The Bertz CT molecular complexity index is 437. The summed E-state index contributed by atoms with van der Waals surface area (Å²) < 4.78 is 27.3. The molecule has 0 aliphatic heterocycles. The minimum atomic E-state index is -3.57. The standard InChI is InChI=1S/C13H26N2O4S/c1-13(2)8-5-11(6-9-13)15(4)20(18,19)14(3)10-7-12(16)17/h11H,5-10H2,1-4H3,(H,16,17). The molecule has 0 amide bonds. The van der Waals surface area contributed by atoms with Crippen molar-refractivity contribution < 1.29 is 18.3 Å². The SMILES string of the molecule is CN(CCC(=O)O)S(=O)(=O)N(C)C1CCC(C)(C)CC1. The third-order valence-corrected chi connectivity index (χ3v) is 6.22. The molecule has 1 saturated carbocycles. The molecule has 1 N–H and O–H groups in total. The lowest BCUT2D eigenvalue weighted by Gasteiger charge is -2.39. The van der Waals surface area contributed by atoms with Crippen molar-refractivity contribution in [3.05, 3.63) is 0 Å². The van der Waals surface area contributed by atoms with Crippen molar-refractivity contribution in [2.45, 2.75) is 52.0 Å². The van der Waals surface area contributed by atoms with Crippen LogP contribution in [0.4, 0.5) is 0 Å². The Balaban J connectivity index is 2.65. The van der Waals surface area contributed by atoms with Gasteiger partial charge in [0.15, 0.2) is 0 Å². The Morgan fingerprint density at radius 2 is 1.75 bits per heavy atom. The molecule has 0 spiro atoms. The van der Waals surface area contributed by atoms with Crippen LogP contribution in [0.5, 0.6) is 0 Å². The maximum atomic E-state index is 12.4. The number of aliphatic carboxylic acids is 1. The van der Waals surface area contributed by atoms with Gasteiger partial charge in [-0.2, -0.15) is 17.0 Å². The zero-order valence-corrected chi connectivity index (χ0v) is 13.6. The Morgan fingerprint density at radius 3 is 2.20 bits per heavy atom. The topological polar surface area (TPSA) is 77.9 Å². The van der Waals surface area contributed by atoms with Crippen LogP contribution in [0.15, 0.2) is 0 Å². The zero-order valence-electron chi connectivity index (χ0n) is 12.8. The molecule has 0 radical (unpaired) electrons. The normalized spacial score (nSPS) is 20.5. The molecular weight excluding hydrogens is 280 g/mol. The van der Waals surface area contributed by atoms with Gasteiger partial charge in [0.1, 0.15) is 0 Å². The van der Waals surface area contributed by atoms with E-state index in [9.17, 15) is 13.2 Å². The Hall–Kier alpha value is -0.660. The van der Waals surface area contributed by atoms with Crippen LogP contribution in [0.25, 0.3) is 0 Å². The van der Waals surface area contributed by atoms with Crippen molar-refractivity contribution in [1.82, 2.24) is 8.61 Å². The first kappa shape index (κ1) is 17.4. The van der Waals surface area contributed by atoms with Crippen LogP contribution in [0.2, 0.25) is 0 Å². The fraction of sp³-hybridized carbons (Fsp3) is 0.923. The summed E-state index contributed by atoms with van der Waals surface area (Å²) in [6.45, 7) is 4.41. The number of carboxylic acids is 1. The average molecular weight is 306 g/mol. The van der Waals surface area contributed by atoms with Crippen LogP contribution >= 0.6 is 0 Å². The predicted octanol–water partition coefficient (Wildman–Crippen LogP) is 1.54. The van der Waals surface area contributed by atoms with Crippen molar-refractivity contribution in [2.75, 3.05) is 20.6 Å². The number of hydrogen-bond donors (Lipinski definition) is 1. The fourth-order valence-electron chi connectivity index (χ4n) is 2.52. The summed E-state index contributed by atoms with van der Waals surface area (Å²) >= 11 is 0. The van der Waals surface area contributed by atoms with Gasteiger partial charge in [-0.25, -0.2) is 0 Å². The molecule has 0 saturated heterocycles. The minimum Gasteiger partial charge on any atom is -0.481 e. The lowest BCUT2D eigenvalue weighted by Crippen LogP contribution is -2.47. The Morgan fingerprint density at radius 1 is 1.25 bits per heavy atom. The molecule has 6 nitrogen and oxygen atoms in total. The van der Waals surface area contributed by atoms with Crippen molar-refractivity contribution in [3.63, 3.8) is 0 Å². The van der Waals surface area contributed by atoms with E-state index in [1.807, 2.05) is 0 Å².